The van der Waals surface area contributed by atoms with Crippen molar-refractivity contribution in [1.29, 1.82) is 0 Å². The van der Waals surface area contributed by atoms with Gasteiger partial charge in [0.05, 0.1) is 6.20 Å². The van der Waals surface area contributed by atoms with Crippen molar-refractivity contribution in [2.45, 2.75) is 0 Å². The summed E-state index contributed by atoms with van der Waals surface area (Å²) in [5.41, 5.74) is -1.20. The zero-order valence-corrected chi connectivity index (χ0v) is 8.17. The predicted octanol–water partition coefficient (Wildman–Crippen LogP) is -1.73. The van der Waals surface area contributed by atoms with Crippen LogP contribution < -0.4 is 16.0 Å². The molecule has 2 aromatic rings. The second-order valence-corrected chi connectivity index (χ2v) is 3.13. The topological polar surface area (TPSA) is 83.8 Å². The Hall–Kier alpha value is -2.18. The fourth-order valence-corrected chi connectivity index (χ4v) is 1.40. The van der Waals surface area contributed by atoms with Gasteiger partial charge >= 0.3 is 16.8 Å². The normalized spacial score (nSPS) is 10.8. The molecular formula is C8H8N4O3. The van der Waals surface area contributed by atoms with E-state index in [0.29, 0.717) is 4.73 Å². The van der Waals surface area contributed by atoms with Gasteiger partial charge in [0.2, 0.25) is 5.65 Å². The van der Waals surface area contributed by atoms with E-state index >= 15 is 0 Å². The van der Waals surface area contributed by atoms with Crippen LogP contribution in [0.2, 0.25) is 0 Å². The van der Waals surface area contributed by atoms with E-state index in [4.69, 9.17) is 0 Å². The Balaban J connectivity index is 3.23. The van der Waals surface area contributed by atoms with Crippen LogP contribution in [0.25, 0.3) is 11.2 Å². The lowest BCUT2D eigenvalue weighted by Crippen LogP contribution is -2.43. The van der Waals surface area contributed by atoms with E-state index in [1.807, 2.05) is 0 Å². The van der Waals surface area contributed by atoms with Gasteiger partial charge in [0.15, 0.2) is 6.20 Å². The second-order valence-electron chi connectivity index (χ2n) is 3.13. The van der Waals surface area contributed by atoms with Crippen molar-refractivity contribution in [2.75, 3.05) is 0 Å². The molecule has 15 heavy (non-hydrogen) atoms. The average Bonchev–Trinajstić information content (AvgIpc) is 2.23. The first kappa shape index (κ1) is 9.38. The number of aryl methyl sites for hydroxylation is 1. The Morgan fingerprint density at radius 1 is 1.33 bits per heavy atom. The molecule has 0 aliphatic rings. The van der Waals surface area contributed by atoms with Crippen LogP contribution in [0, 0.1) is 5.21 Å². The van der Waals surface area contributed by atoms with Gasteiger partial charge in [-0.25, -0.2) is 9.78 Å². The maximum Gasteiger partial charge on any atom is 0.332 e. The molecule has 0 unspecified atom stereocenters. The summed E-state index contributed by atoms with van der Waals surface area (Å²) in [5.74, 6) is 0. The monoisotopic (exact) mass is 208 g/mol. The lowest BCUT2D eigenvalue weighted by molar-refractivity contribution is -0.578. The molecule has 0 atom stereocenters. The molecule has 0 aliphatic carbocycles. The van der Waals surface area contributed by atoms with Crippen LogP contribution >= 0.6 is 0 Å². The van der Waals surface area contributed by atoms with Crippen LogP contribution in [0.4, 0.5) is 0 Å². The van der Waals surface area contributed by atoms with E-state index < -0.39 is 11.2 Å². The highest BCUT2D eigenvalue weighted by Gasteiger charge is 2.16. The van der Waals surface area contributed by atoms with E-state index in [-0.39, 0.29) is 11.2 Å². The van der Waals surface area contributed by atoms with Crippen molar-refractivity contribution in [3.05, 3.63) is 38.4 Å². The highest BCUT2D eigenvalue weighted by Crippen LogP contribution is 1.95. The quantitative estimate of drug-likeness (QED) is 0.380. The minimum absolute atomic E-state index is 0.0839. The van der Waals surface area contributed by atoms with Crippen molar-refractivity contribution >= 4 is 11.2 Å². The molecule has 0 saturated carbocycles. The molecule has 7 heteroatoms. The maximum absolute atomic E-state index is 11.6. The summed E-state index contributed by atoms with van der Waals surface area (Å²) in [5, 5.41) is 11.4. The summed E-state index contributed by atoms with van der Waals surface area (Å²) in [4.78, 5) is 26.9. The van der Waals surface area contributed by atoms with Gasteiger partial charge in [0.1, 0.15) is 0 Å². The van der Waals surface area contributed by atoms with E-state index in [9.17, 15) is 14.8 Å². The van der Waals surface area contributed by atoms with Gasteiger partial charge in [-0.1, -0.05) is 0 Å². The summed E-state index contributed by atoms with van der Waals surface area (Å²) in [6.45, 7) is 0. The molecule has 0 fully saturated rings. The highest BCUT2D eigenvalue weighted by atomic mass is 16.5. The van der Waals surface area contributed by atoms with Gasteiger partial charge in [-0.15, -0.1) is 0 Å². The molecule has 0 bridgehead atoms. The third kappa shape index (κ3) is 1.13. The molecule has 0 amide bonds. The van der Waals surface area contributed by atoms with Crippen LogP contribution in [0.15, 0.2) is 22.0 Å². The molecule has 78 valence electrons. The molecule has 0 aromatic carbocycles. The number of nitrogens with zero attached hydrogens (tertiary/aromatic N) is 4. The van der Waals surface area contributed by atoms with E-state index in [1.165, 1.54) is 20.3 Å². The number of aromatic nitrogens is 4. The van der Waals surface area contributed by atoms with Crippen LogP contribution in [-0.2, 0) is 14.1 Å². The summed E-state index contributed by atoms with van der Waals surface area (Å²) in [6.07, 6.45) is 2.36. The van der Waals surface area contributed by atoms with Crippen molar-refractivity contribution in [2.24, 2.45) is 14.1 Å². The Kier molecular flexibility index (Phi) is 1.82. The van der Waals surface area contributed by atoms with E-state index in [1.54, 1.807) is 0 Å². The van der Waals surface area contributed by atoms with Crippen molar-refractivity contribution < 1.29 is 4.73 Å². The van der Waals surface area contributed by atoms with Crippen LogP contribution in [0.5, 0.6) is 0 Å². The van der Waals surface area contributed by atoms with E-state index in [0.717, 1.165) is 15.3 Å². The molecule has 0 radical (unpaired) electrons. The van der Waals surface area contributed by atoms with Gasteiger partial charge in [0, 0.05) is 14.1 Å². The fraction of sp³-hybridized carbons (Fsp3) is 0.250. The zero-order valence-electron chi connectivity index (χ0n) is 8.17. The summed E-state index contributed by atoms with van der Waals surface area (Å²) in [6, 6.07) is 0. The Morgan fingerprint density at radius 3 is 2.67 bits per heavy atom. The minimum atomic E-state index is -0.642. The molecule has 2 aromatic heterocycles. The third-order valence-corrected chi connectivity index (χ3v) is 2.23. The first-order valence-electron chi connectivity index (χ1n) is 4.18. The fourth-order valence-electron chi connectivity index (χ4n) is 1.40. The molecule has 0 saturated heterocycles. The molecule has 0 N–H and O–H groups in total. The van der Waals surface area contributed by atoms with Gasteiger partial charge < -0.3 is 5.21 Å². The lowest BCUT2D eigenvalue weighted by atomic mass is 10.5. The largest absolute Gasteiger partial charge is 0.618 e. The maximum atomic E-state index is 11.6. The number of fused-ring (bicyclic) bond motifs is 1. The summed E-state index contributed by atoms with van der Waals surface area (Å²) in [7, 11) is 2.77. The summed E-state index contributed by atoms with van der Waals surface area (Å²) >= 11 is 0. The molecule has 7 nitrogen and oxygen atoms in total. The first-order valence-corrected chi connectivity index (χ1v) is 4.18. The molecule has 2 rings (SSSR count). The van der Waals surface area contributed by atoms with Crippen LogP contribution in [0.3, 0.4) is 0 Å². The van der Waals surface area contributed by atoms with Gasteiger partial charge in [-0.05, 0) is 0 Å². The van der Waals surface area contributed by atoms with Gasteiger partial charge in [-0.3, -0.25) is 13.9 Å². The molecule has 0 aliphatic heterocycles. The number of rotatable bonds is 0. The smallest absolute Gasteiger partial charge is 0.332 e. The SMILES string of the molecule is Cn1c(=O)c2c(ncc[n+]2[O-])n(C)c1=O. The van der Waals surface area contributed by atoms with Crippen molar-refractivity contribution in [3.63, 3.8) is 0 Å². The zero-order chi connectivity index (χ0) is 11.2. The van der Waals surface area contributed by atoms with Crippen LogP contribution in [-0.4, -0.2) is 14.1 Å². The Bertz CT molecular complexity index is 655. The standard InChI is InChI=1S/C8H8N4O3/c1-10-6-5(12(15)4-3-9-6)7(13)11(2)8(10)14/h3-4H,1-2H3. The Labute approximate surface area is 83.4 Å². The molecule has 2 heterocycles. The van der Waals surface area contributed by atoms with Crippen molar-refractivity contribution in [3.8, 4) is 0 Å². The van der Waals surface area contributed by atoms with Crippen molar-refractivity contribution in [1.82, 2.24) is 14.1 Å². The average molecular weight is 208 g/mol. The predicted molar refractivity (Wildman–Crippen MR) is 51.2 cm³/mol. The van der Waals surface area contributed by atoms with Crippen LogP contribution in [0.1, 0.15) is 0 Å². The number of hydrogen-bond acceptors (Lipinski definition) is 4. The lowest BCUT2D eigenvalue weighted by Gasteiger charge is -2.05. The first-order chi connectivity index (χ1) is 7.04. The minimum Gasteiger partial charge on any atom is -0.618 e. The third-order valence-electron chi connectivity index (χ3n) is 2.23. The molecule has 0 spiro atoms. The Morgan fingerprint density at radius 2 is 2.00 bits per heavy atom. The van der Waals surface area contributed by atoms with E-state index in [2.05, 4.69) is 4.98 Å². The number of hydrogen-bond donors (Lipinski definition) is 0. The van der Waals surface area contributed by atoms with Gasteiger partial charge in [-0.2, -0.15) is 4.73 Å². The summed E-state index contributed by atoms with van der Waals surface area (Å²) < 4.78 is 2.44. The second kappa shape index (κ2) is 2.91. The molecular weight excluding hydrogens is 200 g/mol. The highest BCUT2D eigenvalue weighted by molar-refractivity contribution is 5.64. The van der Waals surface area contributed by atoms with Gasteiger partial charge in [0.25, 0.3) is 0 Å².